The molecular weight excluding hydrogens is 376 g/mol. The van der Waals surface area contributed by atoms with Crippen molar-refractivity contribution in [3.8, 4) is 0 Å². The van der Waals surface area contributed by atoms with Gasteiger partial charge in [0.25, 0.3) is 0 Å². The van der Waals surface area contributed by atoms with Crippen molar-refractivity contribution in [2.75, 3.05) is 39.4 Å². The van der Waals surface area contributed by atoms with E-state index >= 15 is 0 Å². The van der Waals surface area contributed by atoms with Crippen LogP contribution in [0.15, 0.2) is 24.3 Å². The van der Waals surface area contributed by atoms with E-state index in [-0.39, 0.29) is 17.2 Å². The Labute approximate surface area is 180 Å². The van der Waals surface area contributed by atoms with Crippen molar-refractivity contribution in [2.45, 2.75) is 63.7 Å². The molecular formula is C25H36N2O3. The Hall–Kier alpha value is -1.88. The quantitative estimate of drug-likeness (QED) is 0.741. The van der Waals surface area contributed by atoms with Gasteiger partial charge in [-0.1, -0.05) is 24.3 Å². The van der Waals surface area contributed by atoms with Crippen molar-refractivity contribution >= 4 is 11.8 Å². The molecule has 164 valence electrons. The van der Waals surface area contributed by atoms with Gasteiger partial charge in [0.15, 0.2) is 0 Å². The number of piperidine rings is 1. The van der Waals surface area contributed by atoms with Crippen molar-refractivity contribution in [1.82, 2.24) is 9.80 Å². The van der Waals surface area contributed by atoms with Gasteiger partial charge in [0.1, 0.15) is 0 Å². The second-order valence-electron chi connectivity index (χ2n) is 9.25. The zero-order chi connectivity index (χ0) is 21.1. The number of benzene rings is 1. The minimum atomic E-state index is 0.122. The van der Waals surface area contributed by atoms with Crippen LogP contribution >= 0.6 is 0 Å². The molecule has 1 aliphatic carbocycles. The first kappa shape index (κ1) is 21.4. The molecule has 0 aromatic heterocycles. The first-order valence-electron chi connectivity index (χ1n) is 11.8. The molecule has 4 rings (SSSR count). The van der Waals surface area contributed by atoms with Gasteiger partial charge < -0.3 is 14.5 Å². The van der Waals surface area contributed by atoms with E-state index in [4.69, 9.17) is 4.74 Å². The lowest BCUT2D eigenvalue weighted by Gasteiger charge is -2.42. The summed E-state index contributed by atoms with van der Waals surface area (Å²) in [6.45, 7) is 8.75. The third-order valence-electron chi connectivity index (χ3n) is 7.75. The van der Waals surface area contributed by atoms with Gasteiger partial charge in [0, 0.05) is 51.7 Å². The molecule has 1 unspecified atom stereocenters. The fraction of sp³-hybridized carbons (Fsp3) is 0.680. The molecule has 3 aliphatic rings. The van der Waals surface area contributed by atoms with E-state index in [2.05, 4.69) is 43.0 Å². The van der Waals surface area contributed by atoms with Crippen molar-refractivity contribution in [3.63, 3.8) is 0 Å². The minimum Gasteiger partial charge on any atom is -0.381 e. The summed E-state index contributed by atoms with van der Waals surface area (Å²) >= 11 is 0. The number of fused-ring (bicyclic) bond motifs is 2. The Balaban J connectivity index is 1.46. The molecule has 2 aliphatic heterocycles. The van der Waals surface area contributed by atoms with Crippen LogP contribution in [-0.2, 0) is 19.7 Å². The second-order valence-corrected chi connectivity index (χ2v) is 9.25. The first-order chi connectivity index (χ1) is 14.6. The normalized spacial score (nSPS) is 23.4. The fourth-order valence-electron chi connectivity index (χ4n) is 5.96. The average molecular weight is 413 g/mol. The highest BCUT2D eigenvalue weighted by Crippen LogP contribution is 2.52. The summed E-state index contributed by atoms with van der Waals surface area (Å²) in [6, 6.07) is 8.74. The van der Waals surface area contributed by atoms with Gasteiger partial charge in [-0.05, 0) is 68.4 Å². The molecule has 2 amide bonds. The van der Waals surface area contributed by atoms with Crippen molar-refractivity contribution in [2.24, 2.45) is 5.92 Å². The number of rotatable bonds is 5. The molecule has 1 aromatic carbocycles. The summed E-state index contributed by atoms with van der Waals surface area (Å²) in [5, 5.41) is 0. The molecule has 0 bridgehead atoms. The van der Waals surface area contributed by atoms with E-state index in [9.17, 15) is 9.59 Å². The van der Waals surface area contributed by atoms with E-state index in [1.54, 1.807) is 0 Å². The second kappa shape index (κ2) is 9.09. The van der Waals surface area contributed by atoms with Gasteiger partial charge in [-0.15, -0.1) is 0 Å². The van der Waals surface area contributed by atoms with Gasteiger partial charge in [0.05, 0.1) is 0 Å². The smallest absolute Gasteiger partial charge is 0.225 e. The standard InChI is InChI=1S/C25H36N2O3/c1-3-26(4-2)23(28)17-20-18-25(22-8-6-5-7-21(20)22)11-13-27(14-12-25)24(29)19-9-15-30-16-10-19/h5-8,19-20H,3-4,9-18H2,1-2H3. The van der Waals surface area contributed by atoms with Crippen LogP contribution in [0, 0.1) is 5.92 Å². The predicted molar refractivity (Wildman–Crippen MR) is 117 cm³/mol. The molecule has 1 aromatic rings. The Morgan fingerprint density at radius 3 is 2.43 bits per heavy atom. The topological polar surface area (TPSA) is 49.9 Å². The number of carbonyl (C=O) groups excluding carboxylic acids is 2. The van der Waals surface area contributed by atoms with Gasteiger partial charge in [0.2, 0.25) is 11.8 Å². The molecule has 30 heavy (non-hydrogen) atoms. The number of hydrogen-bond donors (Lipinski definition) is 0. The highest BCUT2D eigenvalue weighted by Gasteiger charge is 2.46. The Bertz CT molecular complexity index is 759. The van der Waals surface area contributed by atoms with Gasteiger partial charge >= 0.3 is 0 Å². The third-order valence-corrected chi connectivity index (χ3v) is 7.75. The maximum absolute atomic E-state index is 13.0. The van der Waals surface area contributed by atoms with Crippen molar-refractivity contribution in [1.29, 1.82) is 0 Å². The zero-order valence-corrected chi connectivity index (χ0v) is 18.6. The minimum absolute atomic E-state index is 0.122. The van der Waals surface area contributed by atoms with Gasteiger partial charge in [-0.3, -0.25) is 9.59 Å². The lowest BCUT2D eigenvalue weighted by molar-refractivity contribution is -0.140. The molecule has 2 fully saturated rings. The van der Waals surface area contributed by atoms with E-state index in [1.807, 2.05) is 4.90 Å². The third kappa shape index (κ3) is 4.01. The van der Waals surface area contributed by atoms with E-state index in [0.717, 1.165) is 58.3 Å². The zero-order valence-electron chi connectivity index (χ0n) is 18.6. The van der Waals surface area contributed by atoms with Crippen LogP contribution in [0.5, 0.6) is 0 Å². The van der Waals surface area contributed by atoms with Crippen molar-refractivity contribution in [3.05, 3.63) is 35.4 Å². The molecule has 0 radical (unpaired) electrons. The van der Waals surface area contributed by atoms with Gasteiger partial charge in [-0.25, -0.2) is 0 Å². The molecule has 5 heteroatoms. The SMILES string of the molecule is CCN(CC)C(=O)CC1CC2(CCN(C(=O)C3CCOCC3)CC2)c2ccccc21. The molecule has 0 N–H and O–H groups in total. The van der Waals surface area contributed by atoms with E-state index < -0.39 is 0 Å². The highest BCUT2D eigenvalue weighted by atomic mass is 16.5. The largest absolute Gasteiger partial charge is 0.381 e. The molecule has 1 spiro atoms. The lowest BCUT2D eigenvalue weighted by Crippen LogP contribution is -2.47. The lowest BCUT2D eigenvalue weighted by atomic mass is 9.73. The van der Waals surface area contributed by atoms with Crippen LogP contribution in [0.1, 0.15) is 69.4 Å². The first-order valence-corrected chi connectivity index (χ1v) is 11.8. The number of nitrogens with zero attached hydrogens (tertiary/aromatic N) is 2. The highest BCUT2D eigenvalue weighted by molar-refractivity contribution is 5.79. The summed E-state index contributed by atoms with van der Waals surface area (Å²) in [6.07, 6.45) is 5.38. The predicted octanol–water partition coefficient (Wildman–Crippen LogP) is 3.72. The maximum Gasteiger partial charge on any atom is 0.225 e. The summed E-state index contributed by atoms with van der Waals surface area (Å²) in [4.78, 5) is 29.8. The Morgan fingerprint density at radius 2 is 1.77 bits per heavy atom. The van der Waals surface area contributed by atoms with Crippen LogP contribution in [0.4, 0.5) is 0 Å². The molecule has 1 atom stereocenters. The summed E-state index contributed by atoms with van der Waals surface area (Å²) in [5.74, 6) is 1.03. The van der Waals surface area contributed by atoms with Crippen LogP contribution in [0.2, 0.25) is 0 Å². The number of hydrogen-bond acceptors (Lipinski definition) is 3. The summed E-state index contributed by atoms with van der Waals surface area (Å²) < 4.78 is 5.43. The Morgan fingerprint density at radius 1 is 1.10 bits per heavy atom. The van der Waals surface area contributed by atoms with Crippen LogP contribution in [-0.4, -0.2) is 61.0 Å². The maximum atomic E-state index is 13.0. The molecule has 2 saturated heterocycles. The number of amides is 2. The molecule has 0 saturated carbocycles. The average Bonchev–Trinajstić information content (AvgIpc) is 3.08. The van der Waals surface area contributed by atoms with E-state index in [0.29, 0.717) is 31.5 Å². The van der Waals surface area contributed by atoms with Crippen LogP contribution in [0.25, 0.3) is 0 Å². The van der Waals surface area contributed by atoms with Gasteiger partial charge in [-0.2, -0.15) is 0 Å². The number of ether oxygens (including phenoxy) is 1. The number of likely N-dealkylation sites (tertiary alicyclic amines) is 1. The van der Waals surface area contributed by atoms with E-state index in [1.165, 1.54) is 11.1 Å². The molecule has 5 nitrogen and oxygen atoms in total. The monoisotopic (exact) mass is 412 g/mol. The Kier molecular flexibility index (Phi) is 6.47. The van der Waals surface area contributed by atoms with Crippen molar-refractivity contribution < 1.29 is 14.3 Å². The van der Waals surface area contributed by atoms with Crippen LogP contribution < -0.4 is 0 Å². The number of carbonyl (C=O) groups is 2. The summed E-state index contributed by atoms with van der Waals surface area (Å²) in [5.41, 5.74) is 2.92. The summed E-state index contributed by atoms with van der Waals surface area (Å²) in [7, 11) is 0. The van der Waals surface area contributed by atoms with Crippen LogP contribution in [0.3, 0.4) is 0 Å². The molecule has 2 heterocycles. The fourth-order valence-corrected chi connectivity index (χ4v) is 5.96.